The monoisotopic (exact) mass is 320 g/mol. The van der Waals surface area contributed by atoms with Crippen LogP contribution >= 0.6 is 0 Å². The van der Waals surface area contributed by atoms with E-state index in [-0.39, 0.29) is 18.8 Å². The first-order valence-corrected chi connectivity index (χ1v) is 8.24. The Morgan fingerprint density at radius 1 is 1.26 bits per heavy atom. The molecule has 6 nitrogen and oxygen atoms in total. The second-order valence-corrected chi connectivity index (χ2v) is 5.96. The summed E-state index contributed by atoms with van der Waals surface area (Å²) < 4.78 is 16.4. The van der Waals surface area contributed by atoms with E-state index in [1.54, 1.807) is 0 Å². The van der Waals surface area contributed by atoms with Crippen LogP contribution < -0.4 is 15.2 Å². The van der Waals surface area contributed by atoms with Gasteiger partial charge in [-0.05, 0) is 43.5 Å². The predicted molar refractivity (Wildman–Crippen MR) is 85.5 cm³/mol. The van der Waals surface area contributed by atoms with Gasteiger partial charge in [-0.2, -0.15) is 0 Å². The Kier molecular flexibility index (Phi) is 5.35. The number of piperidine rings is 1. The molecule has 0 unspecified atom stereocenters. The Morgan fingerprint density at radius 3 is 2.83 bits per heavy atom. The average Bonchev–Trinajstić information content (AvgIpc) is 3.03. The Morgan fingerprint density at radius 2 is 2.04 bits per heavy atom. The first-order chi connectivity index (χ1) is 11.3. The maximum absolute atomic E-state index is 12.4. The number of benzene rings is 1. The Bertz CT molecular complexity index is 541. The molecule has 0 spiro atoms. The molecule has 2 heterocycles. The maximum Gasteiger partial charge on any atom is 0.231 e. The molecule has 1 saturated heterocycles. The van der Waals surface area contributed by atoms with Gasteiger partial charge in [-0.1, -0.05) is 6.07 Å². The molecule has 6 heteroatoms. The molecular formula is C17H24N2O4. The maximum atomic E-state index is 12.4. The van der Waals surface area contributed by atoms with Gasteiger partial charge in [0.25, 0.3) is 0 Å². The van der Waals surface area contributed by atoms with Crippen molar-refractivity contribution in [1.29, 1.82) is 0 Å². The summed E-state index contributed by atoms with van der Waals surface area (Å²) in [5.74, 6) is 1.63. The lowest BCUT2D eigenvalue weighted by atomic mass is 10.1. The molecule has 0 aliphatic carbocycles. The smallest absolute Gasteiger partial charge is 0.231 e. The van der Waals surface area contributed by atoms with E-state index < -0.39 is 0 Å². The first kappa shape index (κ1) is 16.1. The van der Waals surface area contributed by atoms with Gasteiger partial charge in [0.15, 0.2) is 11.5 Å². The lowest BCUT2D eigenvalue weighted by Gasteiger charge is -2.32. The number of carbonyl (C=O) groups excluding carboxylic acids is 1. The van der Waals surface area contributed by atoms with Crippen molar-refractivity contribution in [3.63, 3.8) is 0 Å². The Balaban J connectivity index is 1.46. The van der Waals surface area contributed by atoms with Crippen LogP contribution in [0, 0.1) is 0 Å². The van der Waals surface area contributed by atoms with Crippen LogP contribution in [0.25, 0.3) is 0 Å². The van der Waals surface area contributed by atoms with Crippen LogP contribution in [0.2, 0.25) is 0 Å². The summed E-state index contributed by atoms with van der Waals surface area (Å²) in [5, 5.41) is 0. The SMILES string of the molecule is NCCCOC1CCN(C(=O)Cc2ccc3c(c2)OCO3)CC1. The van der Waals surface area contributed by atoms with E-state index in [0.717, 1.165) is 49.4 Å². The average molecular weight is 320 g/mol. The molecular weight excluding hydrogens is 296 g/mol. The van der Waals surface area contributed by atoms with Gasteiger partial charge in [-0.3, -0.25) is 4.79 Å². The van der Waals surface area contributed by atoms with E-state index in [1.165, 1.54) is 0 Å². The molecule has 2 N–H and O–H groups in total. The van der Waals surface area contributed by atoms with Gasteiger partial charge in [0.1, 0.15) is 0 Å². The standard InChI is InChI=1S/C17H24N2O4/c18-6-1-9-21-14-4-7-19(8-5-14)17(20)11-13-2-3-15-16(10-13)23-12-22-15/h2-3,10,14H,1,4-9,11-12,18H2. The van der Waals surface area contributed by atoms with Crippen LogP contribution in [-0.4, -0.2) is 49.9 Å². The summed E-state index contributed by atoms with van der Waals surface area (Å²) >= 11 is 0. The van der Waals surface area contributed by atoms with Gasteiger partial charge < -0.3 is 24.8 Å². The van der Waals surface area contributed by atoms with Gasteiger partial charge >= 0.3 is 0 Å². The number of nitrogens with two attached hydrogens (primary N) is 1. The number of carbonyl (C=O) groups is 1. The molecule has 1 amide bonds. The molecule has 0 radical (unpaired) electrons. The topological polar surface area (TPSA) is 74.0 Å². The molecule has 1 fully saturated rings. The Hall–Kier alpha value is -1.79. The zero-order chi connectivity index (χ0) is 16.1. The summed E-state index contributed by atoms with van der Waals surface area (Å²) in [6.07, 6.45) is 3.35. The summed E-state index contributed by atoms with van der Waals surface area (Å²) in [7, 11) is 0. The van der Waals surface area contributed by atoms with Crippen LogP contribution in [-0.2, 0) is 16.0 Å². The molecule has 3 rings (SSSR count). The van der Waals surface area contributed by atoms with E-state index in [4.69, 9.17) is 19.9 Å². The van der Waals surface area contributed by atoms with Crippen molar-refractivity contribution < 1.29 is 19.0 Å². The molecule has 0 aromatic heterocycles. The summed E-state index contributed by atoms with van der Waals surface area (Å²) in [4.78, 5) is 14.4. The number of fused-ring (bicyclic) bond motifs is 1. The highest BCUT2D eigenvalue weighted by Gasteiger charge is 2.23. The van der Waals surface area contributed by atoms with E-state index in [9.17, 15) is 4.79 Å². The van der Waals surface area contributed by atoms with Gasteiger partial charge in [0.05, 0.1) is 12.5 Å². The van der Waals surface area contributed by atoms with Crippen LogP contribution in [0.3, 0.4) is 0 Å². The van der Waals surface area contributed by atoms with Crippen molar-refractivity contribution in [2.45, 2.75) is 31.8 Å². The fourth-order valence-corrected chi connectivity index (χ4v) is 2.94. The second kappa shape index (κ2) is 7.66. The lowest BCUT2D eigenvalue weighted by molar-refractivity contribution is -0.133. The minimum atomic E-state index is 0.157. The third-order valence-electron chi connectivity index (χ3n) is 4.29. The van der Waals surface area contributed by atoms with Crippen molar-refractivity contribution in [1.82, 2.24) is 4.90 Å². The summed E-state index contributed by atoms with van der Waals surface area (Å²) in [5.41, 5.74) is 6.42. The second-order valence-electron chi connectivity index (χ2n) is 5.96. The number of ether oxygens (including phenoxy) is 3. The third kappa shape index (κ3) is 4.14. The van der Waals surface area contributed by atoms with Crippen LogP contribution in [0.5, 0.6) is 11.5 Å². The molecule has 1 aromatic carbocycles. The van der Waals surface area contributed by atoms with Crippen molar-refractivity contribution in [2.24, 2.45) is 5.73 Å². The number of likely N-dealkylation sites (tertiary alicyclic amines) is 1. The predicted octanol–water partition coefficient (Wildman–Crippen LogP) is 1.31. The summed E-state index contributed by atoms with van der Waals surface area (Å²) in [6.45, 7) is 3.15. The first-order valence-electron chi connectivity index (χ1n) is 8.24. The van der Waals surface area contributed by atoms with Crippen LogP contribution in [0.15, 0.2) is 18.2 Å². The highest BCUT2D eigenvalue weighted by Crippen LogP contribution is 2.32. The minimum Gasteiger partial charge on any atom is -0.454 e. The molecule has 23 heavy (non-hydrogen) atoms. The third-order valence-corrected chi connectivity index (χ3v) is 4.29. The van der Waals surface area contributed by atoms with Gasteiger partial charge in [-0.15, -0.1) is 0 Å². The van der Waals surface area contributed by atoms with Crippen molar-refractivity contribution in [3.8, 4) is 11.5 Å². The molecule has 0 bridgehead atoms. The minimum absolute atomic E-state index is 0.157. The zero-order valence-corrected chi connectivity index (χ0v) is 13.3. The zero-order valence-electron chi connectivity index (χ0n) is 13.3. The Labute approximate surface area is 136 Å². The van der Waals surface area contributed by atoms with E-state index in [1.807, 2.05) is 23.1 Å². The van der Waals surface area contributed by atoms with E-state index in [2.05, 4.69) is 0 Å². The van der Waals surface area contributed by atoms with Gasteiger partial charge in [0.2, 0.25) is 12.7 Å². The molecule has 2 aliphatic rings. The molecule has 0 atom stereocenters. The molecule has 126 valence electrons. The van der Waals surface area contributed by atoms with Gasteiger partial charge in [0, 0.05) is 19.7 Å². The molecule has 2 aliphatic heterocycles. The fraction of sp³-hybridized carbons (Fsp3) is 0.588. The number of amides is 1. The van der Waals surface area contributed by atoms with E-state index in [0.29, 0.717) is 19.6 Å². The van der Waals surface area contributed by atoms with Crippen molar-refractivity contribution in [3.05, 3.63) is 23.8 Å². The lowest BCUT2D eigenvalue weighted by Crippen LogP contribution is -2.41. The van der Waals surface area contributed by atoms with Crippen molar-refractivity contribution in [2.75, 3.05) is 33.0 Å². The highest BCUT2D eigenvalue weighted by atomic mass is 16.7. The van der Waals surface area contributed by atoms with E-state index >= 15 is 0 Å². The van der Waals surface area contributed by atoms with Crippen LogP contribution in [0.1, 0.15) is 24.8 Å². The highest BCUT2D eigenvalue weighted by molar-refractivity contribution is 5.79. The molecule has 1 aromatic rings. The normalized spacial score (nSPS) is 17.5. The summed E-state index contributed by atoms with van der Waals surface area (Å²) in [6, 6.07) is 5.68. The number of nitrogens with zero attached hydrogens (tertiary/aromatic N) is 1. The fourth-order valence-electron chi connectivity index (χ4n) is 2.94. The van der Waals surface area contributed by atoms with Crippen LogP contribution in [0.4, 0.5) is 0 Å². The molecule has 0 saturated carbocycles. The quantitative estimate of drug-likeness (QED) is 0.800. The largest absolute Gasteiger partial charge is 0.454 e. The van der Waals surface area contributed by atoms with Gasteiger partial charge in [-0.25, -0.2) is 0 Å². The number of hydrogen-bond donors (Lipinski definition) is 1. The van der Waals surface area contributed by atoms with Crippen molar-refractivity contribution >= 4 is 5.91 Å². The number of rotatable bonds is 6. The number of hydrogen-bond acceptors (Lipinski definition) is 5.